The Labute approximate surface area is 125 Å². The highest BCUT2D eigenvalue weighted by Crippen LogP contribution is 2.23. The van der Waals surface area contributed by atoms with Gasteiger partial charge in [-0.1, -0.05) is 6.92 Å². The predicted molar refractivity (Wildman–Crippen MR) is 81.1 cm³/mol. The zero-order valence-electron chi connectivity index (χ0n) is 12.3. The van der Waals surface area contributed by atoms with Crippen LogP contribution in [0.3, 0.4) is 0 Å². The van der Waals surface area contributed by atoms with Crippen LogP contribution in [0, 0.1) is 5.92 Å². The molecule has 6 nitrogen and oxygen atoms in total. The number of carboxylic acids is 1. The van der Waals surface area contributed by atoms with E-state index < -0.39 is 22.1 Å². The Kier molecular flexibility index (Phi) is 6.77. The van der Waals surface area contributed by atoms with Crippen molar-refractivity contribution >= 4 is 27.9 Å². The van der Waals surface area contributed by atoms with Crippen LogP contribution in [0.1, 0.15) is 26.2 Å². The molecule has 0 spiro atoms. The SMILES string of the molecule is CCC(CSC)N(C)S(=O)(=O)N1CCCC(C(=O)O)C1. The average Bonchev–Trinajstić information content (AvgIpc) is 2.44. The normalized spacial score (nSPS) is 22.9. The van der Waals surface area contributed by atoms with Gasteiger partial charge in [-0.3, -0.25) is 4.79 Å². The minimum absolute atomic E-state index is 0.0554. The lowest BCUT2D eigenvalue weighted by atomic mass is 10.0. The van der Waals surface area contributed by atoms with E-state index in [2.05, 4.69) is 0 Å². The quantitative estimate of drug-likeness (QED) is 0.759. The molecular weight excluding hydrogens is 300 g/mol. The van der Waals surface area contributed by atoms with Crippen molar-refractivity contribution < 1.29 is 18.3 Å². The Morgan fingerprint density at radius 2 is 2.20 bits per heavy atom. The number of nitrogens with zero attached hydrogens (tertiary/aromatic N) is 2. The third-order valence-corrected chi connectivity index (χ3v) is 6.50. The summed E-state index contributed by atoms with van der Waals surface area (Å²) in [5.74, 6) is -0.765. The third-order valence-electron chi connectivity index (χ3n) is 3.77. The summed E-state index contributed by atoms with van der Waals surface area (Å²) < 4.78 is 27.9. The summed E-state index contributed by atoms with van der Waals surface area (Å²) in [6.45, 7) is 2.45. The number of hydrogen-bond acceptors (Lipinski definition) is 4. The Morgan fingerprint density at radius 1 is 1.55 bits per heavy atom. The fourth-order valence-electron chi connectivity index (χ4n) is 2.40. The van der Waals surface area contributed by atoms with Gasteiger partial charge in [-0.05, 0) is 25.5 Å². The minimum atomic E-state index is -3.57. The fourth-order valence-corrected chi connectivity index (χ4v) is 5.03. The van der Waals surface area contributed by atoms with Crippen LogP contribution >= 0.6 is 11.8 Å². The molecule has 0 aromatic carbocycles. The summed E-state index contributed by atoms with van der Waals surface area (Å²) in [5, 5.41) is 9.06. The van der Waals surface area contributed by atoms with Crippen molar-refractivity contribution in [3.63, 3.8) is 0 Å². The zero-order valence-corrected chi connectivity index (χ0v) is 13.9. The van der Waals surface area contributed by atoms with Gasteiger partial charge in [-0.15, -0.1) is 0 Å². The van der Waals surface area contributed by atoms with E-state index in [-0.39, 0.29) is 12.6 Å². The second-order valence-electron chi connectivity index (χ2n) is 5.08. The Bertz CT molecular complexity index is 427. The molecule has 1 rings (SSSR count). The number of piperidine rings is 1. The van der Waals surface area contributed by atoms with Gasteiger partial charge >= 0.3 is 5.97 Å². The highest BCUT2D eigenvalue weighted by atomic mass is 32.2. The lowest BCUT2D eigenvalue weighted by Gasteiger charge is -2.35. The van der Waals surface area contributed by atoms with Gasteiger partial charge in [-0.2, -0.15) is 28.8 Å². The molecule has 0 aromatic heterocycles. The standard InChI is InChI=1S/C12H24N2O4S2/c1-4-11(9-19-3)13(2)20(17,18)14-7-5-6-10(8-14)12(15)16/h10-11H,4-9H2,1-3H3,(H,15,16). The summed E-state index contributed by atoms with van der Waals surface area (Å²) >= 11 is 1.61. The van der Waals surface area contributed by atoms with Gasteiger partial charge in [0.2, 0.25) is 0 Å². The van der Waals surface area contributed by atoms with Gasteiger partial charge in [0, 0.05) is 31.9 Å². The summed E-state index contributed by atoms with van der Waals surface area (Å²) in [4.78, 5) is 11.1. The maximum atomic E-state index is 12.6. The molecule has 1 aliphatic rings. The number of thioether (sulfide) groups is 1. The van der Waals surface area contributed by atoms with E-state index in [9.17, 15) is 13.2 Å². The van der Waals surface area contributed by atoms with Gasteiger partial charge in [0.05, 0.1) is 5.92 Å². The van der Waals surface area contributed by atoms with Crippen LogP contribution in [0.15, 0.2) is 0 Å². The molecule has 1 saturated heterocycles. The zero-order chi connectivity index (χ0) is 15.3. The molecule has 0 radical (unpaired) electrons. The summed E-state index contributed by atoms with van der Waals surface area (Å²) in [5.41, 5.74) is 0. The first-order valence-corrected chi connectivity index (χ1v) is 9.58. The molecule has 1 aliphatic heterocycles. The molecule has 0 bridgehead atoms. The van der Waals surface area contributed by atoms with Crippen LogP contribution in [0.2, 0.25) is 0 Å². The highest BCUT2D eigenvalue weighted by Gasteiger charge is 2.36. The molecule has 0 aromatic rings. The van der Waals surface area contributed by atoms with Crippen molar-refractivity contribution in [2.24, 2.45) is 5.92 Å². The second kappa shape index (κ2) is 7.63. The van der Waals surface area contributed by atoms with Crippen molar-refractivity contribution in [3.8, 4) is 0 Å². The van der Waals surface area contributed by atoms with Gasteiger partial charge in [0.25, 0.3) is 10.2 Å². The smallest absolute Gasteiger partial charge is 0.307 e. The number of aliphatic carboxylic acids is 1. The van der Waals surface area contributed by atoms with Gasteiger partial charge in [0.15, 0.2) is 0 Å². The summed E-state index contributed by atoms with van der Waals surface area (Å²) in [6, 6.07) is -0.0554. The fraction of sp³-hybridized carbons (Fsp3) is 0.917. The maximum Gasteiger partial charge on any atom is 0.307 e. The van der Waals surface area contributed by atoms with Gasteiger partial charge in [-0.25, -0.2) is 0 Å². The van der Waals surface area contributed by atoms with E-state index in [0.717, 1.165) is 12.2 Å². The minimum Gasteiger partial charge on any atom is -0.481 e. The molecule has 2 unspecified atom stereocenters. The highest BCUT2D eigenvalue weighted by molar-refractivity contribution is 7.98. The molecule has 2 atom stereocenters. The van der Waals surface area contributed by atoms with E-state index in [1.54, 1.807) is 18.8 Å². The molecule has 1 fully saturated rings. The molecule has 0 amide bonds. The van der Waals surface area contributed by atoms with Crippen LogP contribution in [-0.2, 0) is 15.0 Å². The molecule has 118 valence electrons. The maximum absolute atomic E-state index is 12.6. The van der Waals surface area contributed by atoms with Gasteiger partial charge in [0.1, 0.15) is 0 Å². The van der Waals surface area contributed by atoms with Crippen molar-refractivity contribution in [1.82, 2.24) is 8.61 Å². The molecule has 20 heavy (non-hydrogen) atoms. The molecule has 1 heterocycles. The predicted octanol–water partition coefficient (Wildman–Crippen LogP) is 1.10. The first-order valence-electron chi connectivity index (χ1n) is 6.79. The van der Waals surface area contributed by atoms with Crippen molar-refractivity contribution in [2.75, 3.05) is 32.1 Å². The molecule has 0 saturated carbocycles. The van der Waals surface area contributed by atoms with Crippen LogP contribution in [-0.4, -0.2) is 66.3 Å². The first kappa shape index (κ1) is 17.7. The average molecular weight is 324 g/mol. The van der Waals surface area contributed by atoms with E-state index in [1.807, 2.05) is 13.2 Å². The number of rotatable bonds is 7. The summed E-state index contributed by atoms with van der Waals surface area (Å²) in [6.07, 6.45) is 3.84. The van der Waals surface area contributed by atoms with Crippen LogP contribution in [0.4, 0.5) is 0 Å². The third kappa shape index (κ3) is 4.09. The van der Waals surface area contributed by atoms with Crippen LogP contribution in [0.25, 0.3) is 0 Å². The molecular formula is C12H24N2O4S2. The Balaban J connectivity index is 2.83. The number of hydrogen-bond donors (Lipinski definition) is 1. The van der Waals surface area contributed by atoms with Crippen molar-refractivity contribution in [3.05, 3.63) is 0 Å². The lowest BCUT2D eigenvalue weighted by molar-refractivity contribution is -0.142. The number of carbonyl (C=O) groups is 1. The van der Waals surface area contributed by atoms with E-state index in [4.69, 9.17) is 5.11 Å². The topological polar surface area (TPSA) is 77.9 Å². The Hall–Kier alpha value is -0.310. The summed E-state index contributed by atoms with van der Waals surface area (Å²) in [7, 11) is -1.98. The van der Waals surface area contributed by atoms with E-state index in [0.29, 0.717) is 19.4 Å². The lowest BCUT2D eigenvalue weighted by Crippen LogP contribution is -2.51. The first-order chi connectivity index (χ1) is 9.34. The van der Waals surface area contributed by atoms with Gasteiger partial charge < -0.3 is 5.11 Å². The van der Waals surface area contributed by atoms with Crippen LogP contribution in [0.5, 0.6) is 0 Å². The molecule has 1 N–H and O–H groups in total. The number of carboxylic acid groups (broad SMARTS) is 1. The molecule has 8 heteroatoms. The van der Waals surface area contributed by atoms with E-state index in [1.165, 1.54) is 8.61 Å². The largest absolute Gasteiger partial charge is 0.481 e. The second-order valence-corrected chi connectivity index (χ2v) is 7.98. The molecule has 0 aliphatic carbocycles. The van der Waals surface area contributed by atoms with Crippen LogP contribution < -0.4 is 0 Å². The van der Waals surface area contributed by atoms with E-state index >= 15 is 0 Å². The Morgan fingerprint density at radius 3 is 2.70 bits per heavy atom. The van der Waals surface area contributed by atoms with Crippen molar-refractivity contribution in [2.45, 2.75) is 32.2 Å². The van der Waals surface area contributed by atoms with Crippen molar-refractivity contribution in [1.29, 1.82) is 0 Å². The monoisotopic (exact) mass is 324 g/mol.